The second kappa shape index (κ2) is 7.13. The first-order valence-electron chi connectivity index (χ1n) is 8.45. The molecule has 23 heavy (non-hydrogen) atoms. The molecule has 1 saturated carbocycles. The van der Waals surface area contributed by atoms with Gasteiger partial charge in [-0.2, -0.15) is 9.40 Å². The van der Waals surface area contributed by atoms with Gasteiger partial charge in [-0.15, -0.1) is 0 Å². The van der Waals surface area contributed by atoms with Crippen LogP contribution in [0.2, 0.25) is 0 Å². The highest BCUT2D eigenvalue weighted by Gasteiger charge is 2.32. The maximum atomic E-state index is 12.8. The van der Waals surface area contributed by atoms with Crippen molar-refractivity contribution in [3.63, 3.8) is 0 Å². The third-order valence-corrected chi connectivity index (χ3v) is 6.99. The lowest BCUT2D eigenvalue weighted by molar-refractivity contribution is 0.0781. The van der Waals surface area contributed by atoms with E-state index < -0.39 is 10.0 Å². The Hall–Kier alpha value is -1.21. The van der Waals surface area contributed by atoms with Crippen LogP contribution in [-0.2, 0) is 10.0 Å². The summed E-state index contributed by atoms with van der Waals surface area (Å²) in [5.41, 5.74) is 0.837. The summed E-state index contributed by atoms with van der Waals surface area (Å²) in [7, 11) is -3.61. The number of carbonyl (C=O) groups is 1. The van der Waals surface area contributed by atoms with Crippen molar-refractivity contribution in [3.8, 4) is 0 Å². The fourth-order valence-electron chi connectivity index (χ4n) is 3.43. The van der Waals surface area contributed by atoms with E-state index in [1.165, 1.54) is 15.4 Å². The van der Waals surface area contributed by atoms with Gasteiger partial charge in [0.25, 0.3) is 0 Å². The maximum absolute atomic E-state index is 12.8. The van der Waals surface area contributed by atoms with Gasteiger partial charge in [0.1, 0.15) is 4.90 Å². The molecular weight excluding hydrogens is 314 g/mol. The predicted molar refractivity (Wildman–Crippen MR) is 89.0 cm³/mol. The molecule has 0 radical (unpaired) electrons. The zero-order valence-corrected chi connectivity index (χ0v) is 15.3. The first-order chi connectivity index (χ1) is 10.8. The van der Waals surface area contributed by atoms with Crippen LogP contribution in [0.1, 0.15) is 62.1 Å². The van der Waals surface area contributed by atoms with Crippen LogP contribution in [0.5, 0.6) is 0 Å². The number of hydrogen-bond acceptors (Lipinski definition) is 4. The highest BCUT2D eigenvalue weighted by Crippen LogP contribution is 2.28. The fourth-order valence-corrected chi connectivity index (χ4v) is 5.24. The molecule has 7 heteroatoms. The van der Waals surface area contributed by atoms with Gasteiger partial charge in [-0.1, -0.05) is 33.1 Å². The monoisotopic (exact) mass is 341 g/mol. The van der Waals surface area contributed by atoms with E-state index in [9.17, 15) is 13.2 Å². The largest absolute Gasteiger partial charge is 0.272 e. The van der Waals surface area contributed by atoms with E-state index in [4.69, 9.17) is 0 Å². The van der Waals surface area contributed by atoms with Crippen molar-refractivity contribution in [3.05, 3.63) is 11.4 Å². The minimum Gasteiger partial charge on any atom is -0.272 e. The lowest BCUT2D eigenvalue weighted by Gasteiger charge is -2.21. The summed E-state index contributed by atoms with van der Waals surface area (Å²) in [5.74, 6) is -0.0999. The summed E-state index contributed by atoms with van der Waals surface area (Å²) < 4.78 is 28.3. The van der Waals surface area contributed by atoms with Crippen LogP contribution in [-0.4, -0.2) is 41.5 Å². The molecule has 1 heterocycles. The van der Waals surface area contributed by atoms with E-state index in [1.807, 2.05) is 13.8 Å². The zero-order chi connectivity index (χ0) is 17.2. The molecule has 0 aliphatic heterocycles. The van der Waals surface area contributed by atoms with Gasteiger partial charge in [-0.25, -0.2) is 13.1 Å². The Bertz CT molecular complexity index is 669. The summed E-state index contributed by atoms with van der Waals surface area (Å²) in [6, 6.07) is 0. The number of aromatic nitrogens is 2. The first kappa shape index (κ1) is 18.1. The van der Waals surface area contributed by atoms with Crippen LogP contribution in [0.25, 0.3) is 0 Å². The smallest absolute Gasteiger partial charge is 0.250 e. The molecule has 0 bridgehead atoms. The van der Waals surface area contributed by atoms with Crippen molar-refractivity contribution in [2.45, 2.75) is 64.7 Å². The van der Waals surface area contributed by atoms with E-state index in [2.05, 4.69) is 5.10 Å². The van der Waals surface area contributed by atoms with Gasteiger partial charge in [0.15, 0.2) is 0 Å². The van der Waals surface area contributed by atoms with Crippen molar-refractivity contribution in [1.29, 1.82) is 0 Å². The third kappa shape index (κ3) is 3.35. The van der Waals surface area contributed by atoms with E-state index in [1.54, 1.807) is 13.8 Å². The summed E-state index contributed by atoms with van der Waals surface area (Å²) >= 11 is 0. The number of nitrogens with zero attached hydrogens (tertiary/aromatic N) is 3. The van der Waals surface area contributed by atoms with Crippen molar-refractivity contribution >= 4 is 15.9 Å². The molecule has 2 rings (SSSR count). The Morgan fingerprint density at radius 2 is 1.74 bits per heavy atom. The SMILES string of the molecule is CCN(CC)S(=O)(=O)c1c(C)nn(C(=O)C2CCCCC2)c1C. The lowest BCUT2D eigenvalue weighted by atomic mass is 9.89. The average molecular weight is 341 g/mol. The molecule has 1 aliphatic carbocycles. The van der Waals surface area contributed by atoms with E-state index in [0.29, 0.717) is 24.5 Å². The maximum Gasteiger partial charge on any atom is 0.250 e. The molecule has 0 unspecified atom stereocenters. The van der Waals surface area contributed by atoms with Crippen LogP contribution < -0.4 is 0 Å². The lowest BCUT2D eigenvalue weighted by Crippen LogP contribution is -2.31. The number of rotatable bonds is 5. The Morgan fingerprint density at radius 1 is 1.17 bits per heavy atom. The standard InChI is InChI=1S/C16H27N3O3S/c1-5-18(6-2)23(21,22)15-12(3)17-19(13(15)4)16(20)14-10-8-7-9-11-14/h14H,5-11H2,1-4H3. The van der Waals surface area contributed by atoms with Crippen molar-refractivity contribution in [1.82, 2.24) is 14.1 Å². The van der Waals surface area contributed by atoms with Crippen LogP contribution in [0, 0.1) is 19.8 Å². The van der Waals surface area contributed by atoms with Gasteiger partial charge in [-0.05, 0) is 26.7 Å². The number of sulfonamides is 1. The average Bonchev–Trinajstić information content (AvgIpc) is 2.83. The molecule has 6 nitrogen and oxygen atoms in total. The zero-order valence-electron chi connectivity index (χ0n) is 14.5. The minimum absolute atomic E-state index is 0.0363. The molecule has 0 atom stereocenters. The predicted octanol–water partition coefficient (Wildman–Crippen LogP) is 2.75. The molecule has 0 aromatic carbocycles. The van der Waals surface area contributed by atoms with E-state index in [-0.39, 0.29) is 16.7 Å². The Labute approximate surface area is 138 Å². The van der Waals surface area contributed by atoms with Crippen LogP contribution in [0.15, 0.2) is 4.90 Å². The second-order valence-corrected chi connectivity index (χ2v) is 8.05. The molecule has 1 aliphatic rings. The van der Waals surface area contributed by atoms with Gasteiger partial charge in [0.05, 0.1) is 11.4 Å². The Balaban J connectivity index is 2.41. The number of carbonyl (C=O) groups excluding carboxylic acids is 1. The van der Waals surface area contributed by atoms with Crippen molar-refractivity contribution in [2.24, 2.45) is 5.92 Å². The summed E-state index contributed by atoms with van der Waals surface area (Å²) in [5, 5.41) is 4.26. The molecule has 130 valence electrons. The molecule has 0 amide bonds. The normalized spacial score (nSPS) is 16.9. The van der Waals surface area contributed by atoms with Crippen LogP contribution >= 0.6 is 0 Å². The Kier molecular flexibility index (Phi) is 5.62. The molecule has 1 aromatic heterocycles. The quantitative estimate of drug-likeness (QED) is 0.825. The van der Waals surface area contributed by atoms with Gasteiger partial charge >= 0.3 is 0 Å². The van der Waals surface area contributed by atoms with Gasteiger partial charge in [0.2, 0.25) is 15.9 Å². The Morgan fingerprint density at radius 3 is 2.26 bits per heavy atom. The number of hydrogen-bond donors (Lipinski definition) is 0. The van der Waals surface area contributed by atoms with Crippen LogP contribution in [0.3, 0.4) is 0 Å². The molecule has 0 spiro atoms. The number of aryl methyl sites for hydroxylation is 1. The fraction of sp³-hybridized carbons (Fsp3) is 0.750. The summed E-state index contributed by atoms with van der Waals surface area (Å²) in [4.78, 5) is 12.9. The van der Waals surface area contributed by atoms with Crippen molar-refractivity contribution in [2.75, 3.05) is 13.1 Å². The van der Waals surface area contributed by atoms with Gasteiger partial charge < -0.3 is 0 Å². The molecule has 1 aromatic rings. The first-order valence-corrected chi connectivity index (χ1v) is 9.89. The van der Waals surface area contributed by atoms with Crippen LogP contribution in [0.4, 0.5) is 0 Å². The highest BCUT2D eigenvalue weighted by atomic mass is 32.2. The molecular formula is C16H27N3O3S. The molecule has 1 fully saturated rings. The summed E-state index contributed by atoms with van der Waals surface area (Å²) in [6.07, 6.45) is 5.02. The summed E-state index contributed by atoms with van der Waals surface area (Å²) in [6.45, 7) is 7.76. The topological polar surface area (TPSA) is 72.3 Å². The van der Waals surface area contributed by atoms with E-state index >= 15 is 0 Å². The van der Waals surface area contributed by atoms with E-state index in [0.717, 1.165) is 25.7 Å². The minimum atomic E-state index is -3.61. The second-order valence-electron chi connectivity index (χ2n) is 6.17. The van der Waals surface area contributed by atoms with Gasteiger partial charge in [0, 0.05) is 19.0 Å². The molecule has 0 N–H and O–H groups in total. The molecule has 0 saturated heterocycles. The third-order valence-electron chi connectivity index (χ3n) is 4.69. The van der Waals surface area contributed by atoms with Gasteiger partial charge in [-0.3, -0.25) is 4.79 Å². The highest BCUT2D eigenvalue weighted by molar-refractivity contribution is 7.89. The van der Waals surface area contributed by atoms with Crippen molar-refractivity contribution < 1.29 is 13.2 Å².